The Labute approximate surface area is 161 Å². The van der Waals surface area contributed by atoms with Gasteiger partial charge in [0.1, 0.15) is 11.4 Å². The number of anilines is 2. The minimum absolute atomic E-state index is 0.137. The number of likely N-dealkylation sites (N-methyl/N-ethyl adjacent to an activating group) is 1. The largest absolute Gasteiger partial charge is 0.370 e. The van der Waals surface area contributed by atoms with Gasteiger partial charge in [-0.15, -0.1) is 0 Å². The van der Waals surface area contributed by atoms with Crippen molar-refractivity contribution in [2.75, 3.05) is 30.8 Å². The first-order valence-electron chi connectivity index (χ1n) is 9.27. The summed E-state index contributed by atoms with van der Waals surface area (Å²) in [5.41, 5.74) is 3.22. The second-order valence-corrected chi connectivity index (χ2v) is 7.10. The van der Waals surface area contributed by atoms with E-state index in [0.29, 0.717) is 6.54 Å². The van der Waals surface area contributed by atoms with Crippen molar-refractivity contribution in [1.82, 2.24) is 4.90 Å². The zero-order valence-electron chi connectivity index (χ0n) is 15.7. The number of fused-ring (bicyclic) bond motifs is 1. The second kappa shape index (κ2) is 8.11. The summed E-state index contributed by atoms with van der Waals surface area (Å²) < 4.78 is 0. The molecule has 0 radical (unpaired) electrons. The molecule has 2 aromatic rings. The molecule has 0 amide bonds. The van der Waals surface area contributed by atoms with Crippen molar-refractivity contribution < 1.29 is 0 Å². The molecule has 4 nitrogen and oxygen atoms in total. The van der Waals surface area contributed by atoms with Gasteiger partial charge in [0.05, 0.1) is 17.9 Å². The van der Waals surface area contributed by atoms with E-state index in [0.717, 1.165) is 47.3 Å². The van der Waals surface area contributed by atoms with Gasteiger partial charge < -0.3 is 15.5 Å². The molecule has 0 bridgehead atoms. The molecule has 26 heavy (non-hydrogen) atoms. The Kier molecular flexibility index (Phi) is 5.84. The molecule has 2 aliphatic heterocycles. The van der Waals surface area contributed by atoms with Crippen LogP contribution < -0.4 is 10.6 Å². The summed E-state index contributed by atoms with van der Waals surface area (Å²) >= 11 is 6.09. The molecule has 0 saturated carbocycles. The maximum Gasteiger partial charge on any atom is 0.128 e. The van der Waals surface area contributed by atoms with Crippen LogP contribution in [0.4, 0.5) is 11.4 Å². The van der Waals surface area contributed by atoms with E-state index in [1.54, 1.807) is 0 Å². The van der Waals surface area contributed by atoms with Crippen LogP contribution in [-0.4, -0.2) is 36.4 Å². The molecule has 1 atom stereocenters. The van der Waals surface area contributed by atoms with Gasteiger partial charge in [0.15, 0.2) is 0 Å². The summed E-state index contributed by atoms with van der Waals surface area (Å²) in [7, 11) is 2.16. The predicted molar refractivity (Wildman–Crippen MR) is 112 cm³/mol. The third kappa shape index (κ3) is 3.87. The Balaban J connectivity index is 0.000000948. The topological polar surface area (TPSA) is 39.7 Å². The van der Waals surface area contributed by atoms with Crippen molar-refractivity contribution in [3.8, 4) is 0 Å². The lowest BCUT2D eigenvalue weighted by atomic mass is 9.93. The van der Waals surface area contributed by atoms with Crippen LogP contribution in [-0.2, 0) is 6.54 Å². The quantitative estimate of drug-likeness (QED) is 0.791. The average Bonchev–Trinajstić information content (AvgIpc) is 3.03. The molecule has 2 N–H and O–H groups in total. The van der Waals surface area contributed by atoms with E-state index in [4.69, 9.17) is 16.6 Å². The number of nitrogens with zero attached hydrogens (tertiary/aromatic N) is 2. The minimum atomic E-state index is -0.137. The molecular formula is C21H27ClN4. The lowest BCUT2D eigenvalue weighted by molar-refractivity contribution is 0.405. The van der Waals surface area contributed by atoms with E-state index in [2.05, 4.69) is 46.8 Å². The zero-order valence-corrected chi connectivity index (χ0v) is 16.5. The Bertz CT molecular complexity index is 789. The number of rotatable bonds is 2. The van der Waals surface area contributed by atoms with Crippen molar-refractivity contribution in [2.24, 2.45) is 4.99 Å². The number of amidine groups is 1. The van der Waals surface area contributed by atoms with Crippen molar-refractivity contribution in [3.05, 3.63) is 59.1 Å². The monoisotopic (exact) mass is 370 g/mol. The van der Waals surface area contributed by atoms with E-state index in [-0.39, 0.29) is 5.54 Å². The molecule has 1 spiro atoms. The van der Waals surface area contributed by atoms with Crippen molar-refractivity contribution >= 4 is 28.8 Å². The van der Waals surface area contributed by atoms with Gasteiger partial charge >= 0.3 is 0 Å². The minimum Gasteiger partial charge on any atom is -0.370 e. The van der Waals surface area contributed by atoms with E-state index in [1.165, 1.54) is 0 Å². The van der Waals surface area contributed by atoms with Crippen LogP contribution >= 0.6 is 11.6 Å². The SMILES string of the molecule is CC.CN1CCC2(C1)Nc1ccccc1NC2=NCc1cccc(Cl)c1. The molecule has 2 aliphatic rings. The molecule has 0 aromatic heterocycles. The maximum absolute atomic E-state index is 6.09. The number of hydrogen-bond acceptors (Lipinski definition) is 3. The first-order valence-corrected chi connectivity index (χ1v) is 9.65. The molecule has 2 aromatic carbocycles. The van der Waals surface area contributed by atoms with Gasteiger partial charge in [-0.3, -0.25) is 4.99 Å². The Hall–Kier alpha value is -2.04. The molecule has 1 unspecified atom stereocenters. The van der Waals surface area contributed by atoms with E-state index in [1.807, 2.05) is 38.1 Å². The van der Waals surface area contributed by atoms with E-state index < -0.39 is 0 Å². The normalized spacial score (nSPS) is 23.0. The van der Waals surface area contributed by atoms with Gasteiger partial charge in [-0.1, -0.05) is 49.7 Å². The second-order valence-electron chi connectivity index (χ2n) is 6.66. The van der Waals surface area contributed by atoms with Crippen molar-refractivity contribution in [1.29, 1.82) is 0 Å². The Morgan fingerprint density at radius 1 is 1.12 bits per heavy atom. The fraction of sp³-hybridized carbons (Fsp3) is 0.381. The maximum atomic E-state index is 6.09. The lowest BCUT2D eigenvalue weighted by Crippen LogP contribution is -2.54. The number of halogens is 1. The molecule has 2 heterocycles. The first-order chi connectivity index (χ1) is 12.6. The smallest absolute Gasteiger partial charge is 0.128 e. The van der Waals surface area contributed by atoms with Crippen LogP contribution in [0.25, 0.3) is 0 Å². The number of benzene rings is 2. The number of para-hydroxylation sites is 2. The molecule has 1 fully saturated rings. The van der Waals surface area contributed by atoms with Crippen LogP contribution in [0.3, 0.4) is 0 Å². The number of hydrogen-bond donors (Lipinski definition) is 2. The summed E-state index contributed by atoms with van der Waals surface area (Å²) in [5.74, 6) is 1.02. The van der Waals surface area contributed by atoms with Crippen LogP contribution in [0.1, 0.15) is 25.8 Å². The highest BCUT2D eigenvalue weighted by molar-refractivity contribution is 6.30. The van der Waals surface area contributed by atoms with Crippen LogP contribution in [0.2, 0.25) is 5.02 Å². The molecule has 1 saturated heterocycles. The molecule has 4 rings (SSSR count). The Morgan fingerprint density at radius 3 is 2.58 bits per heavy atom. The average molecular weight is 371 g/mol. The van der Waals surface area contributed by atoms with Gasteiger partial charge in [-0.05, 0) is 43.3 Å². The number of nitrogens with one attached hydrogen (secondary N) is 2. The molecule has 138 valence electrons. The fourth-order valence-electron chi connectivity index (χ4n) is 3.56. The van der Waals surface area contributed by atoms with Crippen LogP contribution in [0.5, 0.6) is 0 Å². The molecule has 5 heteroatoms. The summed E-state index contributed by atoms with van der Waals surface area (Å²) in [6.45, 7) is 6.63. The number of likely N-dealkylation sites (tertiary alicyclic amines) is 1. The first kappa shape index (κ1) is 18.7. The third-order valence-corrected chi connectivity index (χ3v) is 5.01. The van der Waals surface area contributed by atoms with E-state index >= 15 is 0 Å². The predicted octanol–water partition coefficient (Wildman–Crippen LogP) is 4.88. The summed E-state index contributed by atoms with van der Waals surface area (Å²) in [4.78, 5) is 7.27. The highest BCUT2D eigenvalue weighted by Crippen LogP contribution is 2.36. The zero-order chi connectivity index (χ0) is 18.6. The summed E-state index contributed by atoms with van der Waals surface area (Å²) in [6.07, 6.45) is 1.04. The van der Waals surface area contributed by atoms with Gasteiger partial charge in [0.25, 0.3) is 0 Å². The van der Waals surface area contributed by atoms with Gasteiger partial charge in [-0.25, -0.2) is 0 Å². The van der Waals surface area contributed by atoms with Crippen LogP contribution in [0.15, 0.2) is 53.5 Å². The highest BCUT2D eigenvalue weighted by atomic mass is 35.5. The molecular weight excluding hydrogens is 344 g/mol. The van der Waals surface area contributed by atoms with E-state index in [9.17, 15) is 0 Å². The van der Waals surface area contributed by atoms with Gasteiger partial charge in [0.2, 0.25) is 0 Å². The van der Waals surface area contributed by atoms with Gasteiger partial charge in [0, 0.05) is 18.1 Å². The standard InChI is InChI=1S/C19H21ClN4.C2H6/c1-24-10-9-19(13-24)18(21-12-14-5-4-6-15(20)11-14)22-16-7-2-3-8-17(16)23-19;1-2/h2-8,11,23H,9-10,12-13H2,1H3,(H,21,22);1-2H3. The van der Waals surface area contributed by atoms with Crippen LogP contribution in [0, 0.1) is 0 Å². The third-order valence-electron chi connectivity index (χ3n) is 4.78. The summed E-state index contributed by atoms with van der Waals surface area (Å²) in [5, 5.41) is 8.06. The Morgan fingerprint density at radius 2 is 1.88 bits per heavy atom. The fourth-order valence-corrected chi connectivity index (χ4v) is 3.77. The molecule has 0 aliphatic carbocycles. The summed E-state index contributed by atoms with van der Waals surface area (Å²) in [6, 6.07) is 16.2. The van der Waals surface area contributed by atoms with Crippen molar-refractivity contribution in [3.63, 3.8) is 0 Å². The number of aliphatic imine (C=N–C) groups is 1. The van der Waals surface area contributed by atoms with Gasteiger partial charge in [-0.2, -0.15) is 0 Å². The lowest BCUT2D eigenvalue weighted by Gasteiger charge is -2.38. The highest BCUT2D eigenvalue weighted by Gasteiger charge is 2.44. The van der Waals surface area contributed by atoms with Crippen molar-refractivity contribution in [2.45, 2.75) is 32.4 Å².